The third kappa shape index (κ3) is 8.94. The van der Waals surface area contributed by atoms with Crippen molar-refractivity contribution in [3.63, 3.8) is 0 Å². The van der Waals surface area contributed by atoms with Gasteiger partial charge in [0, 0.05) is 20.8 Å². The molecule has 2 aromatic heterocycles. The maximum atomic E-state index is 10.0. The van der Waals surface area contributed by atoms with Crippen LogP contribution in [0.3, 0.4) is 0 Å². The largest absolute Gasteiger partial charge is 0.481 e. The number of ether oxygens (including phenoxy) is 1. The summed E-state index contributed by atoms with van der Waals surface area (Å²) in [5.41, 5.74) is 6.22. The summed E-state index contributed by atoms with van der Waals surface area (Å²) in [5, 5.41) is 51.1. The van der Waals surface area contributed by atoms with Gasteiger partial charge in [-0.1, -0.05) is 0 Å². The van der Waals surface area contributed by atoms with Crippen molar-refractivity contribution in [1.29, 1.82) is 0 Å². The van der Waals surface area contributed by atoms with E-state index in [0.29, 0.717) is 0 Å². The normalized spacial score (nSPS) is 21.2. The zero-order chi connectivity index (χ0) is 25.2. The van der Waals surface area contributed by atoms with Crippen LogP contribution in [-0.2, 0) is 19.1 Å². The molecule has 4 atom stereocenters. The van der Waals surface area contributed by atoms with Gasteiger partial charge >= 0.3 is 0 Å². The second-order valence-electron chi connectivity index (χ2n) is 5.97. The monoisotopic (exact) mass is 481 g/mol. The lowest BCUT2D eigenvalue weighted by atomic mass is 10.1. The lowest BCUT2D eigenvalue weighted by Gasteiger charge is -2.17. The Morgan fingerprint density at radius 3 is 1.94 bits per heavy atom. The molecular formula is C16H24ClN5O10. The van der Waals surface area contributed by atoms with Crippen LogP contribution < -0.4 is 5.73 Å². The van der Waals surface area contributed by atoms with Gasteiger partial charge in [0.1, 0.15) is 24.6 Å². The second kappa shape index (κ2) is 13.3. The van der Waals surface area contributed by atoms with Crippen LogP contribution in [0.2, 0.25) is 5.28 Å². The SMILES string of the molecule is CC(=O)O.CC(=O)O.CC(=O)O.Nc1ncnc2c1nc(Cl)n2[C@@H]1O[C@H](CO)[C@@H](O)[C@H]1O. The summed E-state index contributed by atoms with van der Waals surface area (Å²) in [6, 6.07) is 0. The Hall–Kier alpha value is -3.11. The summed E-state index contributed by atoms with van der Waals surface area (Å²) in [5.74, 6) is -2.36. The Balaban J connectivity index is 0.000000668. The fourth-order valence-electron chi connectivity index (χ4n) is 2.22. The van der Waals surface area contributed by atoms with Crippen LogP contribution in [0.15, 0.2) is 6.33 Å². The number of nitrogens with zero attached hydrogens (tertiary/aromatic N) is 4. The average molecular weight is 482 g/mol. The number of aliphatic carboxylic acids is 3. The topological polar surface area (TPSA) is 251 Å². The fourth-order valence-corrected chi connectivity index (χ4v) is 2.48. The molecule has 1 aliphatic rings. The zero-order valence-electron chi connectivity index (χ0n) is 17.2. The number of fused-ring (bicyclic) bond motifs is 1. The van der Waals surface area contributed by atoms with E-state index in [0.717, 1.165) is 20.8 Å². The molecule has 15 nitrogen and oxygen atoms in total. The first-order chi connectivity index (χ1) is 14.7. The number of rotatable bonds is 2. The molecule has 0 aromatic carbocycles. The highest BCUT2D eigenvalue weighted by molar-refractivity contribution is 6.29. The van der Waals surface area contributed by atoms with Gasteiger partial charge in [0.15, 0.2) is 23.2 Å². The van der Waals surface area contributed by atoms with Crippen molar-refractivity contribution in [3.05, 3.63) is 11.6 Å². The molecule has 180 valence electrons. The third-order valence-corrected chi connectivity index (χ3v) is 3.50. The quantitative estimate of drug-likeness (QED) is 0.252. The minimum atomic E-state index is -1.28. The maximum Gasteiger partial charge on any atom is 0.300 e. The summed E-state index contributed by atoms with van der Waals surface area (Å²) in [6.07, 6.45) is -3.22. The predicted molar refractivity (Wildman–Crippen MR) is 108 cm³/mol. The number of carbonyl (C=O) groups is 3. The van der Waals surface area contributed by atoms with E-state index < -0.39 is 49.1 Å². The zero-order valence-corrected chi connectivity index (χ0v) is 17.9. The lowest BCUT2D eigenvalue weighted by molar-refractivity contribution is -0.135. The minimum Gasteiger partial charge on any atom is -0.481 e. The number of aliphatic hydroxyl groups excluding tert-OH is 3. The highest BCUT2D eigenvalue weighted by atomic mass is 35.5. The van der Waals surface area contributed by atoms with E-state index in [1.165, 1.54) is 10.9 Å². The van der Waals surface area contributed by atoms with Crippen LogP contribution in [0, 0.1) is 0 Å². The van der Waals surface area contributed by atoms with Gasteiger partial charge in [0.25, 0.3) is 17.9 Å². The summed E-state index contributed by atoms with van der Waals surface area (Å²) in [7, 11) is 0. The van der Waals surface area contributed by atoms with Gasteiger partial charge < -0.3 is 41.1 Å². The Bertz CT molecular complexity index is 883. The van der Waals surface area contributed by atoms with Crippen LogP contribution in [0.4, 0.5) is 5.82 Å². The van der Waals surface area contributed by atoms with E-state index in [-0.39, 0.29) is 22.3 Å². The van der Waals surface area contributed by atoms with Crippen LogP contribution in [0.1, 0.15) is 27.0 Å². The summed E-state index contributed by atoms with van der Waals surface area (Å²) >= 11 is 6.02. The van der Waals surface area contributed by atoms with Crippen molar-refractivity contribution >= 4 is 46.5 Å². The standard InChI is InChI=1S/C10H12ClN5O4.3C2H4O2/c11-10-15-4-7(12)13-2-14-8(4)16(10)9-6(19)5(18)3(1-17)20-9;3*1-2(3)4/h2-3,5-6,9,17-19H,1H2,(H2,12,13,14);3*1H3,(H,3,4)/t3-,5-,6-,9-;;;/m1.../s1. The molecule has 1 aliphatic heterocycles. The summed E-state index contributed by atoms with van der Waals surface area (Å²) in [4.78, 5) is 38.8. The molecule has 3 heterocycles. The Labute approximate surface area is 185 Å². The second-order valence-corrected chi connectivity index (χ2v) is 6.31. The molecule has 0 amide bonds. The number of nitrogens with two attached hydrogens (primary N) is 1. The van der Waals surface area contributed by atoms with E-state index in [4.69, 9.17) is 56.9 Å². The Morgan fingerprint density at radius 1 is 1.06 bits per heavy atom. The molecule has 0 aliphatic carbocycles. The number of carboxylic acid groups (broad SMARTS) is 3. The molecule has 3 rings (SSSR count). The highest BCUT2D eigenvalue weighted by Crippen LogP contribution is 2.34. The first kappa shape index (κ1) is 28.9. The van der Waals surface area contributed by atoms with Gasteiger partial charge in [0.05, 0.1) is 6.61 Å². The van der Waals surface area contributed by atoms with E-state index in [9.17, 15) is 10.2 Å². The van der Waals surface area contributed by atoms with Gasteiger partial charge in [-0.05, 0) is 11.6 Å². The smallest absolute Gasteiger partial charge is 0.300 e. The number of aromatic nitrogens is 4. The number of carboxylic acids is 3. The van der Waals surface area contributed by atoms with E-state index in [1.54, 1.807) is 0 Å². The van der Waals surface area contributed by atoms with Crippen LogP contribution in [-0.4, -0.2) is 93.0 Å². The number of hydrogen-bond donors (Lipinski definition) is 7. The molecule has 1 saturated heterocycles. The summed E-state index contributed by atoms with van der Waals surface area (Å²) < 4.78 is 6.70. The van der Waals surface area contributed by atoms with Crippen molar-refractivity contribution in [2.24, 2.45) is 0 Å². The molecule has 0 bridgehead atoms. The van der Waals surface area contributed by atoms with Crippen LogP contribution in [0.25, 0.3) is 11.2 Å². The first-order valence-corrected chi connectivity index (χ1v) is 8.97. The maximum absolute atomic E-state index is 10.0. The van der Waals surface area contributed by atoms with E-state index in [1.807, 2.05) is 0 Å². The minimum absolute atomic E-state index is 0.0120. The number of anilines is 1. The van der Waals surface area contributed by atoms with Crippen molar-refractivity contribution in [2.75, 3.05) is 12.3 Å². The number of aliphatic hydroxyl groups is 3. The molecule has 8 N–H and O–H groups in total. The van der Waals surface area contributed by atoms with E-state index >= 15 is 0 Å². The molecule has 1 fully saturated rings. The van der Waals surface area contributed by atoms with Crippen molar-refractivity contribution < 1.29 is 49.8 Å². The van der Waals surface area contributed by atoms with Gasteiger partial charge in [-0.25, -0.2) is 15.0 Å². The Kier molecular flexibility index (Phi) is 12.0. The highest BCUT2D eigenvalue weighted by Gasteiger charge is 2.44. The molecular weight excluding hydrogens is 458 g/mol. The van der Waals surface area contributed by atoms with Gasteiger partial charge in [-0.15, -0.1) is 0 Å². The Morgan fingerprint density at radius 2 is 1.53 bits per heavy atom. The molecule has 0 unspecified atom stereocenters. The molecule has 0 spiro atoms. The third-order valence-electron chi connectivity index (χ3n) is 3.23. The van der Waals surface area contributed by atoms with Crippen molar-refractivity contribution in [3.8, 4) is 0 Å². The number of halogens is 1. The molecule has 16 heteroatoms. The van der Waals surface area contributed by atoms with Crippen molar-refractivity contribution in [1.82, 2.24) is 19.5 Å². The number of nitrogen functional groups attached to an aromatic ring is 1. The predicted octanol–water partition coefficient (Wildman–Crippen LogP) is -1.05. The van der Waals surface area contributed by atoms with Gasteiger partial charge in [0.2, 0.25) is 5.28 Å². The lowest BCUT2D eigenvalue weighted by Crippen LogP contribution is -2.33. The molecule has 0 radical (unpaired) electrons. The van der Waals surface area contributed by atoms with Gasteiger partial charge in [-0.3, -0.25) is 19.0 Å². The van der Waals surface area contributed by atoms with Crippen molar-refractivity contribution in [2.45, 2.75) is 45.3 Å². The average Bonchev–Trinajstić information content (AvgIpc) is 3.11. The fraction of sp³-hybridized carbons (Fsp3) is 0.500. The van der Waals surface area contributed by atoms with Crippen LogP contribution in [0.5, 0.6) is 0 Å². The first-order valence-electron chi connectivity index (χ1n) is 8.59. The van der Waals surface area contributed by atoms with Gasteiger partial charge in [-0.2, -0.15) is 0 Å². The van der Waals surface area contributed by atoms with E-state index in [2.05, 4.69) is 15.0 Å². The molecule has 2 aromatic rings. The number of hydrogen-bond acceptors (Lipinski definition) is 11. The number of imidazole rings is 1. The molecule has 32 heavy (non-hydrogen) atoms. The van der Waals surface area contributed by atoms with Crippen LogP contribution >= 0.6 is 11.6 Å². The summed E-state index contributed by atoms with van der Waals surface area (Å²) in [6.45, 7) is 2.82. The molecule has 0 saturated carbocycles.